The van der Waals surface area contributed by atoms with Crippen molar-refractivity contribution < 1.29 is 9.18 Å². The molecule has 0 fully saturated rings. The summed E-state index contributed by atoms with van der Waals surface area (Å²) in [6.45, 7) is 4.36. The molecular weight excluding hydrogens is 265 g/mol. The van der Waals surface area contributed by atoms with E-state index in [0.717, 1.165) is 18.5 Å². The SMILES string of the molecule is Cc1ccc2c(c1)CCCN2C(=O)c1cccc(C)c1F. The molecule has 0 atom stereocenters. The molecule has 0 aromatic heterocycles. The normalized spacial score (nSPS) is 14.0. The lowest BCUT2D eigenvalue weighted by atomic mass is 9.98. The molecule has 3 rings (SSSR count). The molecule has 0 bridgehead atoms. The second-order valence-electron chi connectivity index (χ2n) is 5.63. The molecule has 1 aliphatic rings. The van der Waals surface area contributed by atoms with Crippen LogP contribution in [0.5, 0.6) is 0 Å². The fraction of sp³-hybridized carbons (Fsp3) is 0.278. The van der Waals surface area contributed by atoms with Crippen LogP contribution < -0.4 is 4.90 Å². The van der Waals surface area contributed by atoms with E-state index in [9.17, 15) is 9.18 Å². The van der Waals surface area contributed by atoms with E-state index in [2.05, 4.69) is 6.07 Å². The van der Waals surface area contributed by atoms with Gasteiger partial charge in [-0.2, -0.15) is 0 Å². The number of aryl methyl sites for hydroxylation is 3. The van der Waals surface area contributed by atoms with Crippen molar-refractivity contribution >= 4 is 11.6 Å². The Balaban J connectivity index is 2.02. The van der Waals surface area contributed by atoms with Gasteiger partial charge in [-0.1, -0.05) is 29.8 Å². The topological polar surface area (TPSA) is 20.3 Å². The molecule has 1 aliphatic heterocycles. The average molecular weight is 283 g/mol. The third-order valence-electron chi connectivity index (χ3n) is 4.02. The Kier molecular flexibility index (Phi) is 3.50. The molecule has 1 amide bonds. The Morgan fingerprint density at radius 1 is 1.19 bits per heavy atom. The van der Waals surface area contributed by atoms with Crippen molar-refractivity contribution in [1.82, 2.24) is 0 Å². The molecule has 21 heavy (non-hydrogen) atoms. The Hall–Kier alpha value is -2.16. The summed E-state index contributed by atoms with van der Waals surface area (Å²) in [5.74, 6) is -0.664. The van der Waals surface area contributed by atoms with E-state index in [-0.39, 0.29) is 11.5 Å². The maximum Gasteiger partial charge on any atom is 0.261 e. The fourth-order valence-corrected chi connectivity index (χ4v) is 2.89. The molecule has 2 nitrogen and oxygen atoms in total. The number of halogens is 1. The molecule has 0 saturated heterocycles. The summed E-state index contributed by atoms with van der Waals surface area (Å²) in [7, 11) is 0. The predicted molar refractivity (Wildman–Crippen MR) is 82.3 cm³/mol. The first kappa shape index (κ1) is 13.8. The van der Waals surface area contributed by atoms with Crippen molar-refractivity contribution in [2.75, 3.05) is 11.4 Å². The lowest BCUT2D eigenvalue weighted by molar-refractivity contribution is 0.0981. The number of fused-ring (bicyclic) bond motifs is 1. The van der Waals surface area contributed by atoms with E-state index in [4.69, 9.17) is 0 Å². The first-order valence-corrected chi connectivity index (χ1v) is 7.24. The largest absolute Gasteiger partial charge is 0.308 e. The molecule has 0 N–H and O–H groups in total. The number of carbonyl (C=O) groups excluding carboxylic acids is 1. The van der Waals surface area contributed by atoms with E-state index >= 15 is 0 Å². The van der Waals surface area contributed by atoms with Gasteiger partial charge < -0.3 is 4.90 Å². The number of hydrogen-bond donors (Lipinski definition) is 0. The summed E-state index contributed by atoms with van der Waals surface area (Å²) in [5, 5.41) is 0. The van der Waals surface area contributed by atoms with Gasteiger partial charge >= 0.3 is 0 Å². The van der Waals surface area contributed by atoms with Gasteiger partial charge in [0.1, 0.15) is 5.82 Å². The van der Waals surface area contributed by atoms with Gasteiger partial charge in [-0.25, -0.2) is 4.39 Å². The highest BCUT2D eigenvalue weighted by atomic mass is 19.1. The van der Waals surface area contributed by atoms with Gasteiger partial charge in [-0.05, 0) is 49.9 Å². The summed E-state index contributed by atoms with van der Waals surface area (Å²) < 4.78 is 14.2. The van der Waals surface area contributed by atoms with Gasteiger partial charge in [0, 0.05) is 12.2 Å². The van der Waals surface area contributed by atoms with Gasteiger partial charge in [0.2, 0.25) is 0 Å². The molecular formula is C18H18FNO. The second-order valence-corrected chi connectivity index (χ2v) is 5.63. The lowest BCUT2D eigenvalue weighted by Gasteiger charge is -2.30. The number of nitrogens with zero attached hydrogens (tertiary/aromatic N) is 1. The molecule has 0 aliphatic carbocycles. The summed E-state index contributed by atoms with van der Waals surface area (Å²) in [6, 6.07) is 11.0. The minimum atomic E-state index is -0.415. The van der Waals surface area contributed by atoms with E-state index in [1.54, 1.807) is 30.0 Å². The highest BCUT2D eigenvalue weighted by Gasteiger charge is 2.25. The van der Waals surface area contributed by atoms with Crippen LogP contribution in [0.3, 0.4) is 0 Å². The zero-order chi connectivity index (χ0) is 15.0. The Bertz CT molecular complexity index is 708. The van der Waals surface area contributed by atoms with Crippen LogP contribution in [0.25, 0.3) is 0 Å². The van der Waals surface area contributed by atoms with Crippen molar-refractivity contribution in [2.24, 2.45) is 0 Å². The summed E-state index contributed by atoms with van der Waals surface area (Å²) in [6.07, 6.45) is 1.88. The van der Waals surface area contributed by atoms with Crippen LogP contribution in [0.15, 0.2) is 36.4 Å². The van der Waals surface area contributed by atoms with Crippen LogP contribution in [-0.4, -0.2) is 12.5 Å². The molecule has 0 radical (unpaired) electrons. The van der Waals surface area contributed by atoms with Crippen molar-refractivity contribution in [3.63, 3.8) is 0 Å². The van der Waals surface area contributed by atoms with Crippen molar-refractivity contribution in [3.05, 3.63) is 64.5 Å². The molecule has 0 saturated carbocycles. The Morgan fingerprint density at radius 3 is 2.81 bits per heavy atom. The van der Waals surface area contributed by atoms with Crippen LogP contribution in [0.2, 0.25) is 0 Å². The smallest absolute Gasteiger partial charge is 0.261 e. The third kappa shape index (κ3) is 2.44. The molecule has 2 aromatic rings. The van der Waals surface area contributed by atoms with Crippen LogP contribution in [0.1, 0.15) is 33.5 Å². The van der Waals surface area contributed by atoms with E-state index < -0.39 is 5.82 Å². The summed E-state index contributed by atoms with van der Waals surface area (Å²) in [4.78, 5) is 14.4. The van der Waals surface area contributed by atoms with E-state index in [1.807, 2.05) is 19.1 Å². The third-order valence-corrected chi connectivity index (χ3v) is 4.02. The number of amides is 1. The minimum absolute atomic E-state index is 0.156. The Labute approximate surface area is 124 Å². The number of carbonyl (C=O) groups is 1. The number of anilines is 1. The van der Waals surface area contributed by atoms with Gasteiger partial charge in [-0.15, -0.1) is 0 Å². The van der Waals surface area contributed by atoms with Crippen LogP contribution >= 0.6 is 0 Å². The molecule has 3 heteroatoms. The number of benzene rings is 2. The van der Waals surface area contributed by atoms with Crippen LogP contribution in [-0.2, 0) is 6.42 Å². The quantitative estimate of drug-likeness (QED) is 0.773. The van der Waals surface area contributed by atoms with Crippen LogP contribution in [0.4, 0.5) is 10.1 Å². The van der Waals surface area contributed by atoms with Crippen molar-refractivity contribution in [3.8, 4) is 0 Å². The second kappa shape index (κ2) is 5.32. The maximum atomic E-state index is 14.2. The summed E-state index contributed by atoms with van der Waals surface area (Å²) in [5.41, 5.74) is 3.93. The lowest BCUT2D eigenvalue weighted by Crippen LogP contribution is -2.36. The highest BCUT2D eigenvalue weighted by Crippen LogP contribution is 2.29. The zero-order valence-corrected chi connectivity index (χ0v) is 12.3. The van der Waals surface area contributed by atoms with Crippen molar-refractivity contribution in [2.45, 2.75) is 26.7 Å². The van der Waals surface area contributed by atoms with E-state index in [0.29, 0.717) is 12.1 Å². The monoisotopic (exact) mass is 283 g/mol. The Morgan fingerprint density at radius 2 is 2.00 bits per heavy atom. The molecule has 108 valence electrons. The number of hydrogen-bond acceptors (Lipinski definition) is 1. The highest BCUT2D eigenvalue weighted by molar-refractivity contribution is 6.07. The first-order chi connectivity index (χ1) is 10.1. The minimum Gasteiger partial charge on any atom is -0.308 e. The van der Waals surface area contributed by atoms with Gasteiger partial charge in [-0.3, -0.25) is 4.79 Å². The fourth-order valence-electron chi connectivity index (χ4n) is 2.89. The van der Waals surface area contributed by atoms with Gasteiger partial charge in [0.05, 0.1) is 5.56 Å². The maximum absolute atomic E-state index is 14.2. The molecule has 1 heterocycles. The zero-order valence-electron chi connectivity index (χ0n) is 12.3. The van der Waals surface area contributed by atoms with Crippen molar-refractivity contribution in [1.29, 1.82) is 0 Å². The molecule has 0 unspecified atom stereocenters. The van der Waals surface area contributed by atoms with Crippen LogP contribution in [0, 0.1) is 19.7 Å². The predicted octanol–water partition coefficient (Wildman–Crippen LogP) is 4.04. The van der Waals surface area contributed by atoms with E-state index in [1.165, 1.54) is 11.1 Å². The molecule has 2 aromatic carbocycles. The standard InChI is InChI=1S/C18H18FNO/c1-12-8-9-16-14(11-12)6-4-10-20(16)18(21)15-7-3-5-13(2)17(15)19/h3,5,7-9,11H,4,6,10H2,1-2H3. The van der Waals surface area contributed by atoms with Gasteiger partial charge in [0.25, 0.3) is 5.91 Å². The summed E-state index contributed by atoms with van der Waals surface area (Å²) >= 11 is 0. The average Bonchev–Trinajstić information content (AvgIpc) is 2.48. The molecule has 0 spiro atoms. The number of rotatable bonds is 1. The van der Waals surface area contributed by atoms with Gasteiger partial charge in [0.15, 0.2) is 0 Å². The first-order valence-electron chi connectivity index (χ1n) is 7.24.